The third kappa shape index (κ3) is 7.62. The van der Waals surface area contributed by atoms with Gasteiger partial charge in [0.25, 0.3) is 0 Å². The van der Waals surface area contributed by atoms with E-state index in [1.54, 1.807) is 14.2 Å². The summed E-state index contributed by atoms with van der Waals surface area (Å²) < 4.78 is 14.8. The number of carbonyl (C=O) groups is 1. The van der Waals surface area contributed by atoms with E-state index < -0.39 is 0 Å². The lowest BCUT2D eigenvalue weighted by Crippen LogP contribution is -2.36. The third-order valence-electron chi connectivity index (χ3n) is 2.39. The molecule has 0 radical (unpaired) electrons. The Hall–Kier alpha value is -0.650. The smallest absolute Gasteiger partial charge is 0.306 e. The van der Waals surface area contributed by atoms with Crippen LogP contribution < -0.4 is 0 Å². The predicted octanol–water partition coefficient (Wildman–Crippen LogP) is 0.533. The Bertz CT molecular complexity index is 187. The fraction of sp³-hybridized carbons (Fsp3) is 0.909. The molecule has 96 valence electrons. The van der Waals surface area contributed by atoms with Gasteiger partial charge in [0, 0.05) is 33.9 Å². The molecule has 5 nitrogen and oxygen atoms in total. The molecule has 0 amide bonds. The van der Waals surface area contributed by atoms with Gasteiger partial charge in [0.15, 0.2) is 0 Å². The van der Waals surface area contributed by atoms with Gasteiger partial charge in [-0.3, -0.25) is 9.69 Å². The fourth-order valence-corrected chi connectivity index (χ4v) is 1.30. The van der Waals surface area contributed by atoms with Gasteiger partial charge in [-0.2, -0.15) is 0 Å². The predicted molar refractivity (Wildman–Crippen MR) is 61.4 cm³/mol. The zero-order chi connectivity index (χ0) is 12.4. The zero-order valence-corrected chi connectivity index (χ0v) is 10.7. The molecule has 1 atom stereocenters. The second-order valence-electron chi connectivity index (χ2n) is 3.67. The summed E-state index contributed by atoms with van der Waals surface area (Å²) in [6.45, 7) is 4.90. The number of nitrogens with zero attached hydrogens (tertiary/aromatic N) is 1. The molecule has 0 saturated carbocycles. The number of ether oxygens (including phenoxy) is 3. The van der Waals surface area contributed by atoms with E-state index in [2.05, 4.69) is 9.64 Å². The number of hydrogen-bond acceptors (Lipinski definition) is 5. The first-order valence-electron chi connectivity index (χ1n) is 5.45. The van der Waals surface area contributed by atoms with Crippen molar-refractivity contribution >= 4 is 5.97 Å². The number of hydrogen-bond donors (Lipinski definition) is 0. The summed E-state index contributed by atoms with van der Waals surface area (Å²) in [7, 11) is 4.75. The standard InChI is InChI=1S/C11H23NO4/c1-10(15-3)9-12(7-8-14-2)6-5-11(13)16-4/h10H,5-9H2,1-4H3. The molecule has 0 bridgehead atoms. The van der Waals surface area contributed by atoms with Gasteiger partial charge in [-0.1, -0.05) is 0 Å². The number of esters is 1. The van der Waals surface area contributed by atoms with Gasteiger partial charge >= 0.3 is 5.97 Å². The molecular formula is C11H23NO4. The van der Waals surface area contributed by atoms with Crippen LogP contribution in [-0.2, 0) is 19.0 Å². The SMILES string of the molecule is COCCN(CCC(=O)OC)CC(C)OC. The quantitative estimate of drug-likeness (QED) is 0.544. The first kappa shape index (κ1) is 15.3. The van der Waals surface area contributed by atoms with Gasteiger partial charge in [-0.15, -0.1) is 0 Å². The van der Waals surface area contributed by atoms with Crippen LogP contribution in [0.5, 0.6) is 0 Å². The van der Waals surface area contributed by atoms with Crippen molar-refractivity contribution in [2.24, 2.45) is 0 Å². The minimum atomic E-state index is -0.188. The van der Waals surface area contributed by atoms with Gasteiger partial charge < -0.3 is 14.2 Å². The highest BCUT2D eigenvalue weighted by molar-refractivity contribution is 5.69. The molecule has 0 aromatic carbocycles. The molecule has 0 aliphatic heterocycles. The Balaban J connectivity index is 3.93. The topological polar surface area (TPSA) is 48.0 Å². The first-order chi connectivity index (χ1) is 7.63. The van der Waals surface area contributed by atoms with E-state index in [1.807, 2.05) is 6.92 Å². The minimum Gasteiger partial charge on any atom is -0.469 e. The van der Waals surface area contributed by atoms with Crippen molar-refractivity contribution in [3.8, 4) is 0 Å². The van der Waals surface area contributed by atoms with E-state index in [4.69, 9.17) is 9.47 Å². The normalized spacial score (nSPS) is 12.8. The maximum Gasteiger partial charge on any atom is 0.306 e. The van der Waals surface area contributed by atoms with Crippen LogP contribution in [-0.4, -0.2) is 64.5 Å². The average Bonchev–Trinajstić information content (AvgIpc) is 2.31. The van der Waals surface area contributed by atoms with Gasteiger partial charge in [-0.05, 0) is 6.92 Å². The Morgan fingerprint density at radius 3 is 2.44 bits per heavy atom. The lowest BCUT2D eigenvalue weighted by atomic mass is 10.3. The van der Waals surface area contributed by atoms with Crippen LogP contribution in [0.2, 0.25) is 0 Å². The molecule has 0 aliphatic carbocycles. The molecule has 1 unspecified atom stereocenters. The Morgan fingerprint density at radius 1 is 1.25 bits per heavy atom. The Kier molecular flexibility index (Phi) is 9.18. The van der Waals surface area contributed by atoms with E-state index in [0.29, 0.717) is 19.6 Å². The van der Waals surface area contributed by atoms with Crippen molar-refractivity contribution < 1.29 is 19.0 Å². The molecule has 16 heavy (non-hydrogen) atoms. The third-order valence-corrected chi connectivity index (χ3v) is 2.39. The van der Waals surface area contributed by atoms with Crippen LogP contribution in [0.1, 0.15) is 13.3 Å². The molecule has 0 saturated heterocycles. The lowest BCUT2D eigenvalue weighted by Gasteiger charge is -2.24. The van der Waals surface area contributed by atoms with Crippen LogP contribution >= 0.6 is 0 Å². The summed E-state index contributed by atoms with van der Waals surface area (Å²) in [5.41, 5.74) is 0. The van der Waals surface area contributed by atoms with E-state index in [0.717, 1.165) is 13.1 Å². The van der Waals surface area contributed by atoms with Crippen LogP contribution in [0.4, 0.5) is 0 Å². The molecule has 0 aromatic heterocycles. The van der Waals surface area contributed by atoms with Crippen molar-refractivity contribution in [3.63, 3.8) is 0 Å². The van der Waals surface area contributed by atoms with E-state index in [1.165, 1.54) is 7.11 Å². The highest BCUT2D eigenvalue weighted by Crippen LogP contribution is 1.98. The molecule has 0 N–H and O–H groups in total. The molecule has 0 rings (SSSR count). The van der Waals surface area contributed by atoms with Crippen molar-refractivity contribution in [1.29, 1.82) is 0 Å². The minimum absolute atomic E-state index is 0.148. The van der Waals surface area contributed by atoms with Crippen LogP contribution in [0, 0.1) is 0 Å². The Morgan fingerprint density at radius 2 is 1.94 bits per heavy atom. The fourth-order valence-electron chi connectivity index (χ4n) is 1.30. The summed E-state index contributed by atoms with van der Waals surface area (Å²) in [5, 5.41) is 0. The highest BCUT2D eigenvalue weighted by Gasteiger charge is 2.11. The highest BCUT2D eigenvalue weighted by atomic mass is 16.5. The van der Waals surface area contributed by atoms with E-state index in [-0.39, 0.29) is 12.1 Å². The molecular weight excluding hydrogens is 210 g/mol. The summed E-state index contributed by atoms with van der Waals surface area (Å²) in [6.07, 6.45) is 0.547. The summed E-state index contributed by atoms with van der Waals surface area (Å²) in [5.74, 6) is -0.188. The van der Waals surface area contributed by atoms with Gasteiger partial charge in [0.05, 0.1) is 26.2 Å². The summed E-state index contributed by atoms with van der Waals surface area (Å²) >= 11 is 0. The molecule has 0 fully saturated rings. The van der Waals surface area contributed by atoms with Crippen LogP contribution in [0.25, 0.3) is 0 Å². The van der Waals surface area contributed by atoms with E-state index >= 15 is 0 Å². The Labute approximate surface area is 97.7 Å². The summed E-state index contributed by atoms with van der Waals surface area (Å²) in [6, 6.07) is 0. The van der Waals surface area contributed by atoms with Crippen molar-refractivity contribution in [2.75, 3.05) is 47.6 Å². The number of rotatable bonds is 9. The van der Waals surface area contributed by atoms with Gasteiger partial charge in [0.1, 0.15) is 0 Å². The zero-order valence-electron chi connectivity index (χ0n) is 10.7. The van der Waals surface area contributed by atoms with Crippen molar-refractivity contribution in [3.05, 3.63) is 0 Å². The lowest BCUT2D eigenvalue weighted by molar-refractivity contribution is -0.141. The molecule has 0 spiro atoms. The largest absolute Gasteiger partial charge is 0.469 e. The summed E-state index contributed by atoms with van der Waals surface area (Å²) in [4.78, 5) is 13.2. The van der Waals surface area contributed by atoms with Crippen molar-refractivity contribution in [1.82, 2.24) is 4.90 Å². The monoisotopic (exact) mass is 233 g/mol. The molecule has 0 heterocycles. The van der Waals surface area contributed by atoms with Crippen LogP contribution in [0.15, 0.2) is 0 Å². The maximum absolute atomic E-state index is 11.0. The van der Waals surface area contributed by atoms with Gasteiger partial charge in [0.2, 0.25) is 0 Å². The molecule has 5 heteroatoms. The maximum atomic E-state index is 11.0. The second-order valence-corrected chi connectivity index (χ2v) is 3.67. The van der Waals surface area contributed by atoms with Gasteiger partial charge in [-0.25, -0.2) is 0 Å². The molecule has 0 aliphatic rings. The molecule has 0 aromatic rings. The number of carbonyl (C=O) groups excluding carboxylic acids is 1. The van der Waals surface area contributed by atoms with Crippen LogP contribution in [0.3, 0.4) is 0 Å². The average molecular weight is 233 g/mol. The first-order valence-corrected chi connectivity index (χ1v) is 5.45. The van der Waals surface area contributed by atoms with Crippen molar-refractivity contribution in [2.45, 2.75) is 19.4 Å². The van der Waals surface area contributed by atoms with E-state index in [9.17, 15) is 4.79 Å². The number of methoxy groups -OCH3 is 3. The second kappa shape index (κ2) is 9.57.